The van der Waals surface area contributed by atoms with Crippen molar-refractivity contribution in [1.82, 2.24) is 9.78 Å². The highest BCUT2D eigenvalue weighted by Gasteiger charge is 2.16. The first kappa shape index (κ1) is 18.4. The fourth-order valence-corrected chi connectivity index (χ4v) is 3.79. The number of hydrogen-bond donors (Lipinski definition) is 1. The molecule has 7 nitrogen and oxygen atoms in total. The Hall–Kier alpha value is -2.97. The highest BCUT2D eigenvalue weighted by molar-refractivity contribution is 7.13. The van der Waals surface area contributed by atoms with Crippen LogP contribution in [0.5, 0.6) is 0 Å². The van der Waals surface area contributed by atoms with Crippen molar-refractivity contribution in [2.45, 2.75) is 6.54 Å². The Balaban J connectivity index is 1.51. The van der Waals surface area contributed by atoms with E-state index < -0.39 is 0 Å². The quantitative estimate of drug-likeness (QED) is 0.717. The normalized spacial score (nSPS) is 14.1. The van der Waals surface area contributed by atoms with Crippen LogP contribution in [0.1, 0.15) is 0 Å². The Kier molecular flexibility index (Phi) is 5.50. The van der Waals surface area contributed by atoms with Crippen molar-refractivity contribution in [3.8, 4) is 10.6 Å². The third kappa shape index (κ3) is 4.13. The fourth-order valence-electron chi connectivity index (χ4n) is 3.10. The lowest BCUT2D eigenvalue weighted by atomic mass is 10.2. The summed E-state index contributed by atoms with van der Waals surface area (Å²) in [5, 5.41) is 9.20. The van der Waals surface area contributed by atoms with Crippen molar-refractivity contribution in [3.05, 3.63) is 64.3 Å². The van der Waals surface area contributed by atoms with E-state index in [0.29, 0.717) is 18.9 Å². The molecule has 0 atom stereocenters. The van der Waals surface area contributed by atoms with Crippen LogP contribution in [0.25, 0.3) is 10.6 Å². The monoisotopic (exact) mass is 396 g/mol. The van der Waals surface area contributed by atoms with Crippen molar-refractivity contribution in [2.75, 3.05) is 36.5 Å². The first-order valence-electron chi connectivity index (χ1n) is 9.04. The maximum Gasteiger partial charge on any atom is 0.267 e. The van der Waals surface area contributed by atoms with E-state index in [9.17, 15) is 9.59 Å². The summed E-state index contributed by atoms with van der Waals surface area (Å²) < 4.78 is 6.60. The number of benzene rings is 1. The van der Waals surface area contributed by atoms with Gasteiger partial charge in [0.1, 0.15) is 12.2 Å². The van der Waals surface area contributed by atoms with Gasteiger partial charge in [0.2, 0.25) is 5.91 Å². The predicted octanol–water partition coefficient (Wildman–Crippen LogP) is 2.45. The van der Waals surface area contributed by atoms with Gasteiger partial charge in [-0.3, -0.25) is 9.59 Å². The van der Waals surface area contributed by atoms with E-state index in [2.05, 4.69) is 15.3 Å². The number of carbonyl (C=O) groups is 1. The number of thiophene rings is 1. The molecule has 0 saturated carbocycles. The molecule has 8 heteroatoms. The Labute approximate surface area is 166 Å². The molecule has 2 aromatic heterocycles. The largest absolute Gasteiger partial charge is 0.378 e. The minimum Gasteiger partial charge on any atom is -0.378 e. The van der Waals surface area contributed by atoms with E-state index in [1.807, 2.05) is 41.8 Å². The molecule has 0 unspecified atom stereocenters. The van der Waals surface area contributed by atoms with Gasteiger partial charge in [0.05, 0.1) is 29.5 Å². The van der Waals surface area contributed by atoms with Gasteiger partial charge < -0.3 is 15.0 Å². The van der Waals surface area contributed by atoms with Gasteiger partial charge in [0, 0.05) is 19.2 Å². The van der Waals surface area contributed by atoms with Crippen LogP contribution in [0.2, 0.25) is 0 Å². The Morgan fingerprint density at radius 1 is 1.11 bits per heavy atom. The predicted molar refractivity (Wildman–Crippen MR) is 110 cm³/mol. The molecule has 144 valence electrons. The number of aromatic nitrogens is 2. The minimum absolute atomic E-state index is 0.143. The van der Waals surface area contributed by atoms with Crippen molar-refractivity contribution >= 4 is 28.6 Å². The second kappa shape index (κ2) is 8.37. The molecule has 1 amide bonds. The summed E-state index contributed by atoms with van der Waals surface area (Å²) in [5.41, 5.74) is 2.04. The second-order valence-corrected chi connectivity index (χ2v) is 7.30. The molecule has 0 aliphatic carbocycles. The topological polar surface area (TPSA) is 76.5 Å². The molecule has 1 aliphatic rings. The standard InChI is InChI=1S/C20H20N4O3S/c25-19(14-24-20(26)8-7-16(22-24)18-6-3-13-28-18)21-15-4-1-2-5-17(15)23-9-11-27-12-10-23/h1-8,13H,9-12,14H2,(H,21,25). The molecule has 0 radical (unpaired) electrons. The lowest BCUT2D eigenvalue weighted by Crippen LogP contribution is -2.37. The van der Waals surface area contributed by atoms with Gasteiger partial charge in [-0.1, -0.05) is 18.2 Å². The summed E-state index contributed by atoms with van der Waals surface area (Å²) in [7, 11) is 0. The fraction of sp³-hybridized carbons (Fsp3) is 0.250. The minimum atomic E-state index is -0.308. The summed E-state index contributed by atoms with van der Waals surface area (Å²) in [5.74, 6) is -0.293. The zero-order chi connectivity index (χ0) is 19.3. The van der Waals surface area contributed by atoms with Crippen molar-refractivity contribution < 1.29 is 9.53 Å². The number of para-hydroxylation sites is 2. The molecule has 0 spiro atoms. The molecule has 1 N–H and O–H groups in total. The van der Waals surface area contributed by atoms with Crippen LogP contribution >= 0.6 is 11.3 Å². The van der Waals surface area contributed by atoms with E-state index in [1.54, 1.807) is 6.07 Å². The van der Waals surface area contributed by atoms with Crippen LogP contribution in [0.4, 0.5) is 11.4 Å². The summed E-state index contributed by atoms with van der Waals surface area (Å²) in [6, 6.07) is 14.6. The second-order valence-electron chi connectivity index (χ2n) is 6.36. The number of morpholine rings is 1. The molecule has 4 rings (SSSR count). The van der Waals surface area contributed by atoms with Crippen molar-refractivity contribution in [2.24, 2.45) is 0 Å². The van der Waals surface area contributed by atoms with E-state index in [0.717, 1.165) is 29.3 Å². The van der Waals surface area contributed by atoms with Crippen molar-refractivity contribution in [1.29, 1.82) is 0 Å². The lowest BCUT2D eigenvalue weighted by Gasteiger charge is -2.30. The molecular weight excluding hydrogens is 376 g/mol. The van der Waals surface area contributed by atoms with Crippen LogP contribution in [0.15, 0.2) is 58.7 Å². The van der Waals surface area contributed by atoms with Crippen molar-refractivity contribution in [3.63, 3.8) is 0 Å². The van der Waals surface area contributed by atoms with Gasteiger partial charge >= 0.3 is 0 Å². The average molecular weight is 396 g/mol. The number of ether oxygens (including phenoxy) is 1. The molecule has 28 heavy (non-hydrogen) atoms. The van der Waals surface area contributed by atoms with Gasteiger partial charge in [-0.2, -0.15) is 5.10 Å². The van der Waals surface area contributed by atoms with Crippen LogP contribution in [-0.2, 0) is 16.1 Å². The Morgan fingerprint density at radius 2 is 1.93 bits per heavy atom. The van der Waals surface area contributed by atoms with Gasteiger partial charge in [0.25, 0.3) is 5.56 Å². The van der Waals surface area contributed by atoms with Crippen LogP contribution in [0, 0.1) is 0 Å². The number of hydrogen-bond acceptors (Lipinski definition) is 6. The van der Waals surface area contributed by atoms with E-state index >= 15 is 0 Å². The molecule has 3 aromatic rings. The molecular formula is C20H20N4O3S. The highest BCUT2D eigenvalue weighted by atomic mass is 32.1. The molecule has 1 saturated heterocycles. The molecule has 0 bridgehead atoms. The van der Waals surface area contributed by atoms with Gasteiger partial charge in [-0.05, 0) is 29.6 Å². The summed E-state index contributed by atoms with van der Waals surface area (Å²) in [6.45, 7) is 2.73. The summed E-state index contributed by atoms with van der Waals surface area (Å²) in [4.78, 5) is 27.9. The summed E-state index contributed by atoms with van der Waals surface area (Å²) >= 11 is 1.54. The number of nitrogens with zero attached hydrogens (tertiary/aromatic N) is 3. The maximum atomic E-state index is 12.6. The van der Waals surface area contributed by atoms with Gasteiger partial charge in [0.15, 0.2) is 0 Å². The highest BCUT2D eigenvalue weighted by Crippen LogP contribution is 2.26. The number of carbonyl (C=O) groups excluding carboxylic acids is 1. The van der Waals surface area contributed by atoms with E-state index in [-0.39, 0.29) is 18.0 Å². The first-order chi connectivity index (χ1) is 13.7. The zero-order valence-corrected chi connectivity index (χ0v) is 16.0. The van der Waals surface area contributed by atoms with E-state index in [4.69, 9.17) is 4.74 Å². The molecule has 1 aliphatic heterocycles. The summed E-state index contributed by atoms with van der Waals surface area (Å²) in [6.07, 6.45) is 0. The molecule has 3 heterocycles. The number of rotatable bonds is 5. The third-order valence-electron chi connectivity index (χ3n) is 4.46. The number of anilines is 2. The number of nitrogens with one attached hydrogen (secondary N) is 1. The molecule has 1 fully saturated rings. The molecule has 1 aromatic carbocycles. The maximum absolute atomic E-state index is 12.6. The Bertz CT molecular complexity index is 1010. The third-order valence-corrected chi connectivity index (χ3v) is 5.36. The van der Waals surface area contributed by atoms with Crippen LogP contribution in [0.3, 0.4) is 0 Å². The average Bonchev–Trinajstić information content (AvgIpc) is 3.25. The lowest BCUT2D eigenvalue weighted by molar-refractivity contribution is -0.117. The smallest absolute Gasteiger partial charge is 0.267 e. The van der Waals surface area contributed by atoms with Gasteiger partial charge in [-0.15, -0.1) is 11.3 Å². The zero-order valence-electron chi connectivity index (χ0n) is 15.2. The van der Waals surface area contributed by atoms with Crippen LogP contribution < -0.4 is 15.8 Å². The first-order valence-corrected chi connectivity index (χ1v) is 9.92. The van der Waals surface area contributed by atoms with E-state index in [1.165, 1.54) is 22.1 Å². The SMILES string of the molecule is O=C(Cn1nc(-c2cccs2)ccc1=O)Nc1ccccc1N1CCOCC1. The Morgan fingerprint density at radius 3 is 2.71 bits per heavy atom. The number of amides is 1. The van der Waals surface area contributed by atoms with Crippen LogP contribution in [-0.4, -0.2) is 42.0 Å². The van der Waals surface area contributed by atoms with Gasteiger partial charge in [-0.25, -0.2) is 4.68 Å².